The summed E-state index contributed by atoms with van der Waals surface area (Å²) in [6, 6.07) is 0.00618. The molecule has 1 aromatic rings. The lowest BCUT2D eigenvalue weighted by molar-refractivity contribution is -0.136. The van der Waals surface area contributed by atoms with Crippen LogP contribution >= 0.6 is 11.3 Å². The van der Waals surface area contributed by atoms with Crippen LogP contribution in [0.2, 0.25) is 0 Å². The van der Waals surface area contributed by atoms with Gasteiger partial charge in [0.2, 0.25) is 5.91 Å². The number of likely N-dealkylation sites (N-methyl/N-ethyl adjacent to an activating group) is 1. The van der Waals surface area contributed by atoms with Crippen molar-refractivity contribution in [3.05, 3.63) is 16.6 Å². The fourth-order valence-electron chi connectivity index (χ4n) is 1.87. The third-order valence-electron chi connectivity index (χ3n) is 2.71. The number of nitrogens with one attached hydrogen (secondary N) is 1. The van der Waals surface area contributed by atoms with E-state index in [2.05, 4.69) is 10.3 Å². The number of amides is 1. The summed E-state index contributed by atoms with van der Waals surface area (Å²) in [6.45, 7) is 1.58. The third kappa shape index (κ3) is 2.35. The van der Waals surface area contributed by atoms with Crippen molar-refractivity contribution in [1.82, 2.24) is 15.2 Å². The second-order valence-corrected chi connectivity index (χ2v) is 4.68. The van der Waals surface area contributed by atoms with Gasteiger partial charge in [-0.2, -0.15) is 0 Å². The molecule has 1 aromatic heterocycles. The lowest BCUT2D eigenvalue weighted by atomic mass is 10.1. The molecule has 0 spiro atoms. The quantitative estimate of drug-likeness (QED) is 0.829. The summed E-state index contributed by atoms with van der Waals surface area (Å²) in [5.41, 5.74) is 1.80. The summed E-state index contributed by atoms with van der Waals surface area (Å²) in [5.74, 6) is 0.220. The van der Waals surface area contributed by atoms with Gasteiger partial charge in [0.05, 0.1) is 18.1 Å². The van der Waals surface area contributed by atoms with Gasteiger partial charge in [-0.25, -0.2) is 0 Å². The predicted octanol–water partition coefficient (Wildman–Crippen LogP) is 0.853. The van der Waals surface area contributed by atoms with Gasteiger partial charge in [-0.15, -0.1) is 11.3 Å². The van der Waals surface area contributed by atoms with E-state index in [1.807, 2.05) is 18.1 Å². The van der Waals surface area contributed by atoms with Crippen LogP contribution in [-0.2, 0) is 11.3 Å². The highest BCUT2D eigenvalue weighted by molar-refractivity contribution is 7.09. The monoisotopic (exact) mass is 225 g/mol. The van der Waals surface area contributed by atoms with Crippen LogP contribution < -0.4 is 5.32 Å². The van der Waals surface area contributed by atoms with Crippen LogP contribution in [0.3, 0.4) is 0 Å². The van der Waals surface area contributed by atoms with E-state index in [0.29, 0.717) is 6.54 Å². The zero-order chi connectivity index (χ0) is 10.7. The second-order valence-electron chi connectivity index (χ2n) is 3.71. The fraction of sp³-hybridized carbons (Fsp3) is 0.600. The molecule has 0 saturated carbocycles. The zero-order valence-electron chi connectivity index (χ0n) is 8.77. The van der Waals surface area contributed by atoms with E-state index >= 15 is 0 Å². The summed E-state index contributed by atoms with van der Waals surface area (Å²) in [4.78, 5) is 19.0. The van der Waals surface area contributed by atoms with Crippen molar-refractivity contribution < 1.29 is 4.79 Å². The van der Waals surface area contributed by atoms with Crippen LogP contribution in [0.5, 0.6) is 0 Å². The van der Waals surface area contributed by atoms with Crippen LogP contribution in [0.15, 0.2) is 11.7 Å². The molecule has 1 N–H and O–H groups in total. The first kappa shape index (κ1) is 10.6. The molecule has 1 atom stereocenters. The number of carbonyl (C=O) groups is 1. The van der Waals surface area contributed by atoms with Gasteiger partial charge in [0.15, 0.2) is 0 Å². The van der Waals surface area contributed by atoms with Crippen LogP contribution in [0, 0.1) is 0 Å². The van der Waals surface area contributed by atoms with Crippen LogP contribution in [0.25, 0.3) is 0 Å². The Labute approximate surface area is 93.3 Å². The first-order valence-electron chi connectivity index (χ1n) is 5.14. The maximum Gasteiger partial charge on any atom is 0.240 e. The first-order chi connectivity index (χ1) is 7.31. The molecule has 0 bridgehead atoms. The average molecular weight is 225 g/mol. The molecule has 0 aliphatic carbocycles. The molecule has 0 radical (unpaired) electrons. The summed E-state index contributed by atoms with van der Waals surface area (Å²) >= 11 is 1.60. The van der Waals surface area contributed by atoms with Crippen molar-refractivity contribution in [2.24, 2.45) is 0 Å². The Hall–Kier alpha value is -0.940. The van der Waals surface area contributed by atoms with Crippen molar-refractivity contribution in [3.8, 4) is 0 Å². The number of aromatic nitrogens is 1. The molecular weight excluding hydrogens is 210 g/mol. The highest BCUT2D eigenvalue weighted by Crippen LogP contribution is 2.16. The summed E-state index contributed by atoms with van der Waals surface area (Å²) < 4.78 is 0. The van der Waals surface area contributed by atoms with Gasteiger partial charge < -0.3 is 10.2 Å². The number of carbonyl (C=O) groups excluding carboxylic acids is 1. The second kappa shape index (κ2) is 4.72. The molecule has 1 saturated heterocycles. The molecule has 1 amide bonds. The van der Waals surface area contributed by atoms with Gasteiger partial charge in [0.25, 0.3) is 0 Å². The van der Waals surface area contributed by atoms with E-state index in [1.54, 1.807) is 16.8 Å². The number of hydrogen-bond acceptors (Lipinski definition) is 4. The lowest BCUT2D eigenvalue weighted by Crippen LogP contribution is -2.49. The van der Waals surface area contributed by atoms with Crippen molar-refractivity contribution in [1.29, 1.82) is 0 Å². The Balaban J connectivity index is 1.99. The smallest absolute Gasteiger partial charge is 0.240 e. The molecule has 15 heavy (non-hydrogen) atoms. The van der Waals surface area contributed by atoms with Gasteiger partial charge in [-0.3, -0.25) is 9.78 Å². The highest BCUT2D eigenvalue weighted by Gasteiger charge is 2.27. The Morgan fingerprint density at radius 3 is 3.27 bits per heavy atom. The number of thiazole rings is 1. The van der Waals surface area contributed by atoms with E-state index in [-0.39, 0.29) is 11.9 Å². The topological polar surface area (TPSA) is 45.2 Å². The Bertz CT molecular complexity index is 325. The van der Waals surface area contributed by atoms with Gasteiger partial charge in [-0.1, -0.05) is 0 Å². The normalized spacial score (nSPS) is 22.1. The Morgan fingerprint density at radius 1 is 1.73 bits per heavy atom. The zero-order valence-corrected chi connectivity index (χ0v) is 9.59. The van der Waals surface area contributed by atoms with Gasteiger partial charge in [-0.05, 0) is 19.9 Å². The van der Waals surface area contributed by atoms with Crippen LogP contribution in [0.4, 0.5) is 0 Å². The fourth-order valence-corrected chi connectivity index (χ4v) is 2.48. The predicted molar refractivity (Wildman–Crippen MR) is 59.6 cm³/mol. The number of rotatable bonds is 3. The van der Waals surface area contributed by atoms with Crippen molar-refractivity contribution >= 4 is 17.2 Å². The molecule has 1 aliphatic rings. The largest absolute Gasteiger partial charge is 0.336 e. The Morgan fingerprint density at radius 2 is 2.60 bits per heavy atom. The average Bonchev–Trinajstić information content (AvgIpc) is 2.74. The molecule has 2 heterocycles. The number of likely N-dealkylation sites (tertiary alicyclic amines) is 1. The van der Waals surface area contributed by atoms with E-state index in [4.69, 9.17) is 0 Å². The van der Waals surface area contributed by atoms with Crippen LogP contribution in [-0.4, -0.2) is 35.4 Å². The highest BCUT2D eigenvalue weighted by atomic mass is 32.1. The van der Waals surface area contributed by atoms with Crippen LogP contribution in [0.1, 0.15) is 17.7 Å². The number of piperidine rings is 1. The molecule has 82 valence electrons. The van der Waals surface area contributed by atoms with E-state index in [1.165, 1.54) is 0 Å². The van der Waals surface area contributed by atoms with Gasteiger partial charge in [0, 0.05) is 17.6 Å². The minimum Gasteiger partial charge on any atom is -0.336 e. The van der Waals surface area contributed by atoms with E-state index in [9.17, 15) is 4.79 Å². The first-order valence-corrected chi connectivity index (χ1v) is 6.02. The van der Waals surface area contributed by atoms with Crippen molar-refractivity contribution in [2.75, 3.05) is 13.6 Å². The standard InChI is InChI=1S/C10H15N3OS/c1-11-9-3-2-4-13(10(9)14)6-8-5-12-7-15-8/h5,7,9,11H,2-4,6H2,1H3. The lowest BCUT2D eigenvalue weighted by Gasteiger charge is -2.31. The number of hydrogen-bond donors (Lipinski definition) is 1. The maximum atomic E-state index is 11.9. The third-order valence-corrected chi connectivity index (χ3v) is 3.47. The SMILES string of the molecule is CNC1CCCN(Cc2cncs2)C1=O. The molecule has 5 heteroatoms. The number of nitrogens with zero attached hydrogens (tertiary/aromatic N) is 2. The molecule has 4 nitrogen and oxygen atoms in total. The summed E-state index contributed by atoms with van der Waals surface area (Å²) in [7, 11) is 1.85. The van der Waals surface area contributed by atoms with E-state index in [0.717, 1.165) is 24.3 Å². The van der Waals surface area contributed by atoms with Gasteiger partial charge >= 0.3 is 0 Å². The molecule has 1 unspecified atom stereocenters. The van der Waals surface area contributed by atoms with E-state index < -0.39 is 0 Å². The minimum absolute atomic E-state index is 0.00618. The maximum absolute atomic E-state index is 11.9. The van der Waals surface area contributed by atoms with Crippen molar-refractivity contribution in [3.63, 3.8) is 0 Å². The molecule has 2 rings (SSSR count). The molecule has 1 fully saturated rings. The molecular formula is C10H15N3OS. The summed E-state index contributed by atoms with van der Waals surface area (Å²) in [6.07, 6.45) is 3.87. The minimum atomic E-state index is 0.00618. The summed E-state index contributed by atoms with van der Waals surface area (Å²) in [5, 5.41) is 3.06. The Kier molecular flexibility index (Phi) is 3.33. The molecule has 1 aliphatic heterocycles. The molecule has 0 aromatic carbocycles. The van der Waals surface area contributed by atoms with Gasteiger partial charge in [0.1, 0.15) is 0 Å². The van der Waals surface area contributed by atoms with Crippen molar-refractivity contribution in [2.45, 2.75) is 25.4 Å².